The molecule has 5 aromatic rings. The molecule has 3 heterocycles. The molecule has 0 unspecified atom stereocenters. The summed E-state index contributed by atoms with van der Waals surface area (Å²) in [6.07, 6.45) is 4.32. The normalized spacial score (nSPS) is 11.1. The molecule has 0 fully saturated rings. The van der Waals surface area contributed by atoms with E-state index in [0.29, 0.717) is 26.6 Å². The molecule has 3 aromatic heterocycles. The van der Waals surface area contributed by atoms with Gasteiger partial charge in [0.2, 0.25) is 5.91 Å². The second-order valence-electron chi connectivity index (χ2n) is 7.86. The van der Waals surface area contributed by atoms with Gasteiger partial charge in [0.05, 0.1) is 23.1 Å². The number of halogens is 1. The van der Waals surface area contributed by atoms with Crippen LogP contribution in [0.15, 0.2) is 65.6 Å². The van der Waals surface area contributed by atoms with E-state index in [1.165, 1.54) is 45.1 Å². The molecule has 34 heavy (non-hydrogen) atoms. The maximum atomic E-state index is 13.3. The fraction of sp³-hybridized carbons (Fsp3) is 0.125. The molecular weight excluding hydrogens is 472 g/mol. The van der Waals surface area contributed by atoms with Crippen molar-refractivity contribution in [2.45, 2.75) is 20.4 Å². The minimum atomic E-state index is -0.394. The van der Waals surface area contributed by atoms with E-state index < -0.39 is 5.91 Å². The SMILES string of the molecule is Cc1ccc(-c2csc3ncn(CC(=O)Nc4cc(Cl)ccc4-n4cncn4)c(=O)c23)cc1C. The predicted molar refractivity (Wildman–Crippen MR) is 134 cm³/mol. The van der Waals surface area contributed by atoms with Crippen molar-refractivity contribution in [3.63, 3.8) is 0 Å². The second kappa shape index (κ2) is 8.85. The topological polar surface area (TPSA) is 94.7 Å². The maximum absolute atomic E-state index is 13.3. The molecule has 0 saturated carbocycles. The van der Waals surface area contributed by atoms with Gasteiger partial charge >= 0.3 is 0 Å². The van der Waals surface area contributed by atoms with E-state index >= 15 is 0 Å². The van der Waals surface area contributed by atoms with E-state index in [1.807, 2.05) is 31.4 Å². The first kappa shape index (κ1) is 22.0. The summed E-state index contributed by atoms with van der Waals surface area (Å²) in [6.45, 7) is 3.89. The highest BCUT2D eigenvalue weighted by atomic mass is 35.5. The highest BCUT2D eigenvalue weighted by Gasteiger charge is 2.16. The van der Waals surface area contributed by atoms with Gasteiger partial charge in [0, 0.05) is 16.0 Å². The Balaban J connectivity index is 1.47. The van der Waals surface area contributed by atoms with Gasteiger partial charge in [-0.25, -0.2) is 14.6 Å². The van der Waals surface area contributed by atoms with E-state index in [1.54, 1.807) is 18.2 Å². The van der Waals surface area contributed by atoms with Crippen LogP contribution in [0.5, 0.6) is 0 Å². The first-order valence-corrected chi connectivity index (χ1v) is 11.6. The van der Waals surface area contributed by atoms with Crippen LogP contribution in [-0.4, -0.2) is 30.2 Å². The van der Waals surface area contributed by atoms with Crippen LogP contribution in [0.2, 0.25) is 5.02 Å². The third-order valence-corrected chi connectivity index (χ3v) is 6.71. The number of benzene rings is 2. The third-order valence-electron chi connectivity index (χ3n) is 5.59. The second-order valence-corrected chi connectivity index (χ2v) is 9.15. The number of aromatic nitrogens is 5. The number of amides is 1. The van der Waals surface area contributed by atoms with Crippen LogP contribution in [0.1, 0.15) is 11.1 Å². The molecule has 1 amide bonds. The highest BCUT2D eigenvalue weighted by Crippen LogP contribution is 2.31. The van der Waals surface area contributed by atoms with Crippen LogP contribution in [0.4, 0.5) is 5.69 Å². The van der Waals surface area contributed by atoms with Gasteiger partial charge in [0.25, 0.3) is 5.56 Å². The molecule has 5 rings (SSSR count). The first-order valence-electron chi connectivity index (χ1n) is 10.4. The van der Waals surface area contributed by atoms with Gasteiger partial charge in [-0.3, -0.25) is 14.2 Å². The van der Waals surface area contributed by atoms with Crippen LogP contribution in [0.25, 0.3) is 27.0 Å². The van der Waals surface area contributed by atoms with Gasteiger partial charge in [-0.2, -0.15) is 5.10 Å². The molecule has 0 aliphatic heterocycles. The van der Waals surface area contributed by atoms with Crippen molar-refractivity contribution < 1.29 is 4.79 Å². The van der Waals surface area contributed by atoms with E-state index in [2.05, 4.69) is 26.4 Å². The maximum Gasteiger partial charge on any atom is 0.263 e. The Kier molecular flexibility index (Phi) is 5.72. The lowest BCUT2D eigenvalue weighted by molar-refractivity contribution is -0.116. The summed E-state index contributed by atoms with van der Waals surface area (Å²) in [6, 6.07) is 11.1. The van der Waals surface area contributed by atoms with Crippen molar-refractivity contribution in [3.05, 3.63) is 87.3 Å². The highest BCUT2D eigenvalue weighted by molar-refractivity contribution is 7.17. The molecule has 0 atom stereocenters. The standard InChI is InChI=1S/C24H19ClN6O2S/c1-14-3-4-16(7-15(14)2)18-10-34-23-22(18)24(33)30(13-27-23)9-21(32)29-19-8-17(25)5-6-20(19)31-12-26-11-28-31/h3-8,10-13H,9H2,1-2H3,(H,29,32). The fourth-order valence-electron chi connectivity index (χ4n) is 3.69. The average Bonchev–Trinajstić information content (AvgIpc) is 3.48. The summed E-state index contributed by atoms with van der Waals surface area (Å²) in [5.74, 6) is -0.394. The van der Waals surface area contributed by atoms with Crippen LogP contribution in [0, 0.1) is 13.8 Å². The third kappa shape index (κ3) is 4.11. The molecule has 1 N–H and O–H groups in total. The lowest BCUT2D eigenvalue weighted by atomic mass is 10.0. The summed E-state index contributed by atoms with van der Waals surface area (Å²) in [7, 11) is 0. The van der Waals surface area contributed by atoms with Crippen molar-refractivity contribution in [2.75, 3.05) is 5.32 Å². The van der Waals surface area contributed by atoms with Crippen LogP contribution < -0.4 is 10.9 Å². The number of carbonyl (C=O) groups excluding carboxylic acids is 1. The van der Waals surface area contributed by atoms with Gasteiger partial charge in [-0.05, 0) is 48.7 Å². The molecule has 0 radical (unpaired) electrons. The zero-order valence-electron chi connectivity index (χ0n) is 18.3. The monoisotopic (exact) mass is 490 g/mol. The average molecular weight is 491 g/mol. The van der Waals surface area contributed by atoms with E-state index in [9.17, 15) is 9.59 Å². The lowest BCUT2D eigenvalue weighted by Gasteiger charge is -2.12. The summed E-state index contributed by atoms with van der Waals surface area (Å²) in [5.41, 5.74) is 4.89. The summed E-state index contributed by atoms with van der Waals surface area (Å²) in [5, 5.41) is 9.83. The Hall–Kier alpha value is -3.82. The number of rotatable bonds is 5. The van der Waals surface area contributed by atoms with Gasteiger partial charge in [-0.1, -0.05) is 29.8 Å². The number of nitrogens with zero attached hydrogens (tertiary/aromatic N) is 5. The Bertz CT molecular complexity index is 1590. The number of hydrogen-bond donors (Lipinski definition) is 1. The Morgan fingerprint density at radius 3 is 2.74 bits per heavy atom. The van der Waals surface area contributed by atoms with Crippen molar-refractivity contribution in [3.8, 4) is 16.8 Å². The number of aryl methyl sites for hydroxylation is 2. The first-order chi connectivity index (χ1) is 16.4. The number of anilines is 1. The molecule has 0 saturated heterocycles. The molecule has 0 spiro atoms. The number of nitrogens with one attached hydrogen (secondary N) is 1. The van der Waals surface area contributed by atoms with Gasteiger partial charge < -0.3 is 5.32 Å². The number of hydrogen-bond acceptors (Lipinski definition) is 6. The van der Waals surface area contributed by atoms with E-state index in [0.717, 1.165) is 16.7 Å². The van der Waals surface area contributed by atoms with Gasteiger partial charge in [0.1, 0.15) is 24.0 Å². The minimum absolute atomic E-state index is 0.201. The minimum Gasteiger partial charge on any atom is -0.323 e. The van der Waals surface area contributed by atoms with Crippen molar-refractivity contribution in [1.29, 1.82) is 0 Å². The molecule has 8 nitrogen and oxygen atoms in total. The summed E-state index contributed by atoms with van der Waals surface area (Å²) in [4.78, 5) is 35.2. The fourth-order valence-corrected chi connectivity index (χ4v) is 4.77. The zero-order valence-corrected chi connectivity index (χ0v) is 19.9. The number of thiophene rings is 1. The summed E-state index contributed by atoms with van der Waals surface area (Å²) < 4.78 is 2.83. The van der Waals surface area contributed by atoms with E-state index in [4.69, 9.17) is 11.6 Å². The Labute approximate surface area is 203 Å². The molecular formula is C24H19ClN6O2S. The van der Waals surface area contributed by atoms with E-state index in [-0.39, 0.29) is 12.1 Å². The van der Waals surface area contributed by atoms with Crippen LogP contribution in [-0.2, 0) is 11.3 Å². The molecule has 10 heteroatoms. The largest absolute Gasteiger partial charge is 0.323 e. The van der Waals surface area contributed by atoms with Gasteiger partial charge in [0.15, 0.2) is 0 Å². The predicted octanol–water partition coefficient (Wildman–Crippen LogP) is 4.61. The number of fused-ring (bicyclic) bond motifs is 1. The Morgan fingerprint density at radius 1 is 1.12 bits per heavy atom. The zero-order chi connectivity index (χ0) is 23.8. The summed E-state index contributed by atoms with van der Waals surface area (Å²) >= 11 is 7.55. The molecule has 170 valence electrons. The number of carbonyl (C=O) groups is 1. The molecule has 0 bridgehead atoms. The molecule has 0 aliphatic carbocycles. The molecule has 2 aromatic carbocycles. The van der Waals surface area contributed by atoms with Crippen molar-refractivity contribution in [2.24, 2.45) is 0 Å². The quantitative estimate of drug-likeness (QED) is 0.388. The Morgan fingerprint density at radius 2 is 1.97 bits per heavy atom. The molecule has 0 aliphatic rings. The van der Waals surface area contributed by atoms with Crippen LogP contribution in [0.3, 0.4) is 0 Å². The van der Waals surface area contributed by atoms with Crippen LogP contribution >= 0.6 is 22.9 Å². The van der Waals surface area contributed by atoms with Crippen molar-refractivity contribution in [1.82, 2.24) is 24.3 Å². The van der Waals surface area contributed by atoms with Crippen molar-refractivity contribution >= 4 is 44.7 Å². The smallest absolute Gasteiger partial charge is 0.263 e. The lowest BCUT2D eigenvalue weighted by Crippen LogP contribution is -2.28. The van der Waals surface area contributed by atoms with Gasteiger partial charge in [-0.15, -0.1) is 11.3 Å².